The van der Waals surface area contributed by atoms with Gasteiger partial charge in [-0.05, 0) is 31.2 Å². The monoisotopic (exact) mass is 209 g/mol. The fourth-order valence-electron chi connectivity index (χ4n) is 1.06. The van der Waals surface area contributed by atoms with E-state index < -0.39 is 0 Å². The maximum Gasteiger partial charge on any atom is 0.101 e. The molecule has 1 rings (SSSR count). The lowest BCUT2D eigenvalue weighted by Crippen LogP contribution is -2.08. The van der Waals surface area contributed by atoms with Crippen molar-refractivity contribution >= 4 is 17.3 Å². The molecule has 0 amide bonds. The Labute approximate surface area is 88.5 Å². The highest BCUT2D eigenvalue weighted by atomic mass is 35.5. The number of nitrogens with one attached hydrogen (secondary N) is 1. The maximum absolute atomic E-state index is 8.73. The van der Waals surface area contributed by atoms with Crippen molar-refractivity contribution in [3.8, 4) is 6.07 Å². The summed E-state index contributed by atoms with van der Waals surface area (Å²) >= 11 is 5.79. The largest absolute Gasteiger partial charge is 0.385 e. The number of halogens is 1. The van der Waals surface area contributed by atoms with Crippen LogP contribution in [0.1, 0.15) is 12.0 Å². The van der Waals surface area contributed by atoms with E-state index in [0.717, 1.165) is 18.7 Å². The quantitative estimate of drug-likeness (QED) is 0.746. The second kappa shape index (κ2) is 5.48. The first-order valence-electron chi connectivity index (χ1n) is 4.41. The second-order valence-electron chi connectivity index (χ2n) is 2.88. The van der Waals surface area contributed by atoms with Crippen LogP contribution in [0.2, 0.25) is 5.02 Å². The summed E-state index contributed by atoms with van der Waals surface area (Å²) in [6.45, 7) is 1.47. The molecular formula is C10H12ClN3. The van der Waals surface area contributed by atoms with E-state index in [1.165, 1.54) is 0 Å². The highest BCUT2D eigenvalue weighted by molar-refractivity contribution is 6.31. The Morgan fingerprint density at radius 2 is 2.29 bits per heavy atom. The Balaban J connectivity index is 2.66. The van der Waals surface area contributed by atoms with Crippen molar-refractivity contribution in [3.05, 3.63) is 28.8 Å². The Morgan fingerprint density at radius 3 is 2.93 bits per heavy atom. The average Bonchev–Trinajstić information content (AvgIpc) is 2.21. The molecule has 0 fully saturated rings. The van der Waals surface area contributed by atoms with Crippen LogP contribution in [-0.4, -0.2) is 13.1 Å². The number of hydrogen-bond acceptors (Lipinski definition) is 3. The standard InChI is InChI=1S/C10H12ClN3/c11-10-3-2-9(6-8(10)7-13)14-5-1-4-12/h2-3,6,14H,1,4-5,12H2. The summed E-state index contributed by atoms with van der Waals surface area (Å²) in [5, 5.41) is 12.4. The van der Waals surface area contributed by atoms with Gasteiger partial charge in [-0.15, -0.1) is 0 Å². The van der Waals surface area contributed by atoms with E-state index in [9.17, 15) is 0 Å². The third kappa shape index (κ3) is 2.91. The summed E-state index contributed by atoms with van der Waals surface area (Å²) in [5.41, 5.74) is 6.75. The maximum atomic E-state index is 8.73. The van der Waals surface area contributed by atoms with E-state index in [1.54, 1.807) is 12.1 Å². The van der Waals surface area contributed by atoms with Crippen molar-refractivity contribution in [1.82, 2.24) is 0 Å². The minimum atomic E-state index is 0.483. The molecule has 0 spiro atoms. The minimum Gasteiger partial charge on any atom is -0.385 e. The molecular weight excluding hydrogens is 198 g/mol. The molecule has 74 valence electrons. The summed E-state index contributed by atoms with van der Waals surface area (Å²) in [6.07, 6.45) is 0.907. The lowest BCUT2D eigenvalue weighted by Gasteiger charge is -2.05. The molecule has 3 nitrogen and oxygen atoms in total. The third-order valence-corrected chi connectivity index (χ3v) is 2.13. The Kier molecular flexibility index (Phi) is 4.24. The molecule has 4 heteroatoms. The molecule has 0 aliphatic heterocycles. The zero-order valence-electron chi connectivity index (χ0n) is 7.76. The van der Waals surface area contributed by atoms with Crippen molar-refractivity contribution in [1.29, 1.82) is 5.26 Å². The second-order valence-corrected chi connectivity index (χ2v) is 3.28. The summed E-state index contributed by atoms with van der Waals surface area (Å²) in [4.78, 5) is 0. The van der Waals surface area contributed by atoms with Gasteiger partial charge in [0.05, 0.1) is 10.6 Å². The van der Waals surface area contributed by atoms with Gasteiger partial charge >= 0.3 is 0 Å². The SMILES string of the molecule is N#Cc1cc(NCCCN)ccc1Cl. The third-order valence-electron chi connectivity index (χ3n) is 1.80. The molecule has 0 heterocycles. The number of hydrogen-bond donors (Lipinski definition) is 2. The van der Waals surface area contributed by atoms with Crippen molar-refractivity contribution in [3.63, 3.8) is 0 Å². The van der Waals surface area contributed by atoms with Crippen LogP contribution in [0.4, 0.5) is 5.69 Å². The molecule has 14 heavy (non-hydrogen) atoms. The molecule has 0 saturated carbocycles. The molecule has 0 saturated heterocycles. The number of anilines is 1. The molecule has 0 aliphatic rings. The van der Waals surface area contributed by atoms with Crippen LogP contribution < -0.4 is 11.1 Å². The van der Waals surface area contributed by atoms with Crippen LogP contribution in [0.3, 0.4) is 0 Å². The van der Waals surface area contributed by atoms with Gasteiger partial charge in [0.25, 0.3) is 0 Å². The van der Waals surface area contributed by atoms with Gasteiger partial charge in [-0.2, -0.15) is 5.26 Å². The van der Waals surface area contributed by atoms with Crippen molar-refractivity contribution in [2.24, 2.45) is 5.73 Å². The van der Waals surface area contributed by atoms with E-state index in [2.05, 4.69) is 5.32 Å². The fraction of sp³-hybridized carbons (Fsp3) is 0.300. The molecule has 1 aromatic carbocycles. The van der Waals surface area contributed by atoms with Gasteiger partial charge in [0, 0.05) is 12.2 Å². The van der Waals surface area contributed by atoms with Crippen molar-refractivity contribution in [2.75, 3.05) is 18.4 Å². The van der Waals surface area contributed by atoms with E-state index in [1.807, 2.05) is 12.1 Å². The first-order valence-corrected chi connectivity index (χ1v) is 4.79. The fourth-order valence-corrected chi connectivity index (χ4v) is 1.22. The predicted molar refractivity (Wildman–Crippen MR) is 58.3 cm³/mol. The molecule has 0 unspecified atom stereocenters. The highest BCUT2D eigenvalue weighted by Crippen LogP contribution is 2.19. The molecule has 1 aromatic rings. The highest BCUT2D eigenvalue weighted by Gasteiger charge is 1.99. The van der Waals surface area contributed by atoms with Gasteiger partial charge in [-0.1, -0.05) is 11.6 Å². The molecule has 0 aromatic heterocycles. The van der Waals surface area contributed by atoms with Crippen molar-refractivity contribution < 1.29 is 0 Å². The van der Waals surface area contributed by atoms with Gasteiger partial charge < -0.3 is 11.1 Å². The lowest BCUT2D eigenvalue weighted by atomic mass is 10.2. The molecule has 0 atom stereocenters. The molecule has 3 N–H and O–H groups in total. The average molecular weight is 210 g/mol. The zero-order valence-corrected chi connectivity index (χ0v) is 8.51. The summed E-state index contributed by atoms with van der Waals surface area (Å²) < 4.78 is 0. The first-order chi connectivity index (χ1) is 6.77. The van der Waals surface area contributed by atoms with Gasteiger partial charge in [-0.3, -0.25) is 0 Å². The summed E-state index contributed by atoms with van der Waals surface area (Å²) in [5.74, 6) is 0. The molecule has 0 bridgehead atoms. The van der Waals surface area contributed by atoms with Gasteiger partial charge in [0.2, 0.25) is 0 Å². The van der Waals surface area contributed by atoms with Gasteiger partial charge in [-0.25, -0.2) is 0 Å². The lowest BCUT2D eigenvalue weighted by molar-refractivity contribution is 0.874. The Hall–Kier alpha value is -1.24. The molecule has 0 radical (unpaired) electrons. The van der Waals surface area contributed by atoms with Crippen molar-refractivity contribution in [2.45, 2.75) is 6.42 Å². The topological polar surface area (TPSA) is 61.8 Å². The minimum absolute atomic E-state index is 0.483. The number of nitrogens with two attached hydrogens (primary N) is 1. The van der Waals surface area contributed by atoms with Crippen LogP contribution >= 0.6 is 11.6 Å². The first kappa shape index (κ1) is 10.8. The normalized spacial score (nSPS) is 9.50. The number of benzene rings is 1. The zero-order chi connectivity index (χ0) is 10.4. The Bertz CT molecular complexity index is 344. The summed E-state index contributed by atoms with van der Waals surface area (Å²) in [7, 11) is 0. The van der Waals surface area contributed by atoms with Crippen LogP contribution in [0, 0.1) is 11.3 Å². The van der Waals surface area contributed by atoms with Crippen LogP contribution in [0.25, 0.3) is 0 Å². The number of nitrogens with zero attached hydrogens (tertiary/aromatic N) is 1. The van der Waals surface area contributed by atoms with E-state index >= 15 is 0 Å². The predicted octanol–water partition coefficient (Wildman–Crippen LogP) is 1.97. The van der Waals surface area contributed by atoms with Crippen LogP contribution in [-0.2, 0) is 0 Å². The van der Waals surface area contributed by atoms with Crippen LogP contribution in [0.5, 0.6) is 0 Å². The van der Waals surface area contributed by atoms with Crippen LogP contribution in [0.15, 0.2) is 18.2 Å². The number of nitriles is 1. The van der Waals surface area contributed by atoms with E-state index in [4.69, 9.17) is 22.6 Å². The Morgan fingerprint density at radius 1 is 1.50 bits per heavy atom. The summed E-state index contributed by atoms with van der Waals surface area (Å²) in [6, 6.07) is 7.32. The van der Waals surface area contributed by atoms with E-state index in [0.29, 0.717) is 17.1 Å². The van der Waals surface area contributed by atoms with Gasteiger partial charge in [0.1, 0.15) is 6.07 Å². The van der Waals surface area contributed by atoms with E-state index in [-0.39, 0.29) is 0 Å². The van der Waals surface area contributed by atoms with Gasteiger partial charge in [0.15, 0.2) is 0 Å². The molecule has 0 aliphatic carbocycles. The number of rotatable bonds is 4. The smallest absolute Gasteiger partial charge is 0.101 e.